The fourth-order valence-electron chi connectivity index (χ4n) is 2.41. The van der Waals surface area contributed by atoms with Crippen molar-refractivity contribution < 1.29 is 5.48 Å². The minimum absolute atomic E-state index is 0.154. The van der Waals surface area contributed by atoms with E-state index in [9.17, 15) is 5.26 Å². The molecule has 0 saturated carbocycles. The lowest BCUT2D eigenvalue weighted by Gasteiger charge is -2.41. The average Bonchev–Trinajstić information content (AvgIpc) is 2.60. The van der Waals surface area contributed by atoms with Gasteiger partial charge in [0.1, 0.15) is 11.9 Å². The Balaban J connectivity index is 2.22. The number of nitriles is 1. The van der Waals surface area contributed by atoms with Crippen LogP contribution >= 0.6 is 0 Å². The van der Waals surface area contributed by atoms with Crippen LogP contribution in [0.4, 0.5) is 5.82 Å². The summed E-state index contributed by atoms with van der Waals surface area (Å²) in [6, 6.07) is 14.1. The zero-order valence-electron chi connectivity index (χ0n) is 15.7. The van der Waals surface area contributed by atoms with E-state index in [4.69, 9.17) is 5.48 Å². The summed E-state index contributed by atoms with van der Waals surface area (Å²) in [5.74, 6) is 0.154. The van der Waals surface area contributed by atoms with Gasteiger partial charge in [-0.15, -0.1) is 0 Å². The van der Waals surface area contributed by atoms with Gasteiger partial charge >= 0.3 is 0 Å². The second-order valence-corrected chi connectivity index (χ2v) is 4.89. The Bertz CT molecular complexity index is 804. The van der Waals surface area contributed by atoms with Crippen LogP contribution in [-0.2, 0) is 0 Å². The van der Waals surface area contributed by atoms with Crippen molar-refractivity contribution >= 4 is 5.82 Å². The van der Waals surface area contributed by atoms with Crippen LogP contribution < -0.4 is 4.90 Å². The van der Waals surface area contributed by atoms with E-state index in [-0.39, 0.29) is 17.9 Å². The number of nitrogens with zero attached hydrogens (tertiary/aromatic N) is 4. The first-order chi connectivity index (χ1) is 11.8. The molecule has 3 rings (SSSR count). The Morgan fingerprint density at radius 2 is 2.05 bits per heavy atom. The fourth-order valence-corrected chi connectivity index (χ4v) is 2.41. The molecule has 1 saturated heterocycles. The van der Waals surface area contributed by atoms with Crippen molar-refractivity contribution in [3.63, 3.8) is 0 Å². The molecule has 1 aliphatic heterocycles. The van der Waals surface area contributed by atoms with E-state index in [0.29, 0.717) is 0 Å². The zero-order valence-corrected chi connectivity index (χ0v) is 11.7. The van der Waals surface area contributed by atoms with Gasteiger partial charge in [0.2, 0.25) is 0 Å². The molecule has 1 aliphatic rings. The highest BCUT2D eigenvalue weighted by atomic mass is 15.3. The van der Waals surface area contributed by atoms with Crippen LogP contribution in [-0.4, -0.2) is 36.5 Å². The van der Waals surface area contributed by atoms with Crippen molar-refractivity contribution in [1.82, 2.24) is 9.88 Å². The summed E-state index contributed by atoms with van der Waals surface area (Å²) >= 11 is 0. The molecule has 0 bridgehead atoms. The molecular weight excluding hydrogens is 260 g/mol. The number of hydrogen-bond donors (Lipinski definition) is 0. The summed E-state index contributed by atoms with van der Waals surface area (Å²) in [4.78, 5) is 6.89. The molecule has 2 aromatic rings. The fraction of sp³-hybridized carbons (Fsp3) is 0.294. The largest absolute Gasteiger partial charge is 0.346 e. The number of likely N-dealkylation sites (N-methyl/N-ethyl adjacent to an activating group) is 1. The van der Waals surface area contributed by atoms with E-state index in [1.807, 2.05) is 36.4 Å². The van der Waals surface area contributed by atoms with Gasteiger partial charge in [0.25, 0.3) is 0 Å². The Morgan fingerprint density at radius 3 is 2.81 bits per heavy atom. The molecule has 0 N–H and O–H groups in total. The van der Waals surface area contributed by atoms with Gasteiger partial charge in [-0.2, -0.15) is 5.26 Å². The Morgan fingerprint density at radius 1 is 1.24 bits per heavy atom. The van der Waals surface area contributed by atoms with Crippen molar-refractivity contribution in [1.29, 1.82) is 5.26 Å². The van der Waals surface area contributed by atoms with Gasteiger partial charge in [0.05, 0.1) is 14.3 Å². The molecule has 2 heterocycles. The summed E-state index contributed by atoms with van der Waals surface area (Å²) in [6.45, 7) is -4.37. The molecule has 21 heavy (non-hydrogen) atoms. The predicted octanol–water partition coefficient (Wildman–Crippen LogP) is 2.45. The first kappa shape index (κ1) is 9.54. The van der Waals surface area contributed by atoms with Gasteiger partial charge in [0, 0.05) is 28.5 Å². The monoisotopic (exact) mass is 282 g/mol. The Labute approximate surface area is 130 Å². The van der Waals surface area contributed by atoms with E-state index in [0.717, 1.165) is 5.56 Å². The van der Waals surface area contributed by atoms with E-state index in [1.54, 1.807) is 19.2 Å². The lowest BCUT2D eigenvalue weighted by atomic mass is 10.0. The zero-order chi connectivity index (χ0) is 18.2. The molecule has 1 atom stereocenters. The van der Waals surface area contributed by atoms with Gasteiger partial charge in [-0.1, -0.05) is 30.3 Å². The number of anilines is 1. The van der Waals surface area contributed by atoms with E-state index < -0.39 is 19.0 Å². The Kier molecular flexibility index (Phi) is 2.70. The Hall–Kier alpha value is -2.38. The third-order valence-electron chi connectivity index (χ3n) is 3.44. The summed E-state index contributed by atoms with van der Waals surface area (Å²) < 4.78 is 33.6. The molecule has 106 valence electrons. The third kappa shape index (κ3) is 2.74. The average molecular weight is 282 g/mol. The van der Waals surface area contributed by atoms with E-state index in [2.05, 4.69) is 4.98 Å². The topological polar surface area (TPSA) is 43.2 Å². The molecule has 1 fully saturated rings. The molecular formula is C17H18N4. The highest BCUT2D eigenvalue weighted by Gasteiger charge is 2.28. The van der Waals surface area contributed by atoms with Crippen molar-refractivity contribution in [3.8, 4) is 6.07 Å². The van der Waals surface area contributed by atoms with Gasteiger partial charge in [-0.3, -0.25) is 0 Å². The minimum atomic E-state index is -2.39. The van der Waals surface area contributed by atoms with Gasteiger partial charge in [-0.25, -0.2) is 4.98 Å². The standard InChI is InChI=1S/C17H18N4/c1-20-10-11-21(17-15(12-18)8-5-9-19-17)16(13-20)14-6-3-2-4-7-14/h2-9,16H,10-11,13H2,1H3/i10D2,11D2. The molecule has 1 aromatic heterocycles. The minimum Gasteiger partial charge on any atom is -0.346 e. The molecule has 0 amide bonds. The number of pyridine rings is 1. The van der Waals surface area contributed by atoms with Gasteiger partial charge in [-0.05, 0) is 24.7 Å². The lowest BCUT2D eigenvalue weighted by Crippen LogP contribution is -2.47. The quantitative estimate of drug-likeness (QED) is 0.848. The van der Waals surface area contributed by atoms with Crippen molar-refractivity contribution in [2.75, 3.05) is 31.5 Å². The molecule has 1 unspecified atom stereocenters. The molecule has 0 radical (unpaired) electrons. The van der Waals surface area contributed by atoms with Crippen molar-refractivity contribution in [2.45, 2.75) is 6.04 Å². The summed E-state index contributed by atoms with van der Waals surface area (Å²) in [6.07, 6.45) is 1.49. The molecule has 0 aliphatic carbocycles. The molecule has 4 nitrogen and oxygen atoms in total. The molecule has 0 spiro atoms. The number of piperazine rings is 1. The van der Waals surface area contributed by atoms with Crippen LogP contribution in [0.25, 0.3) is 0 Å². The van der Waals surface area contributed by atoms with E-state index >= 15 is 0 Å². The normalized spacial score (nSPS) is 26.9. The van der Waals surface area contributed by atoms with Gasteiger partial charge < -0.3 is 9.80 Å². The number of aromatic nitrogens is 1. The van der Waals surface area contributed by atoms with Crippen LogP contribution in [0.2, 0.25) is 0 Å². The van der Waals surface area contributed by atoms with Crippen molar-refractivity contribution in [3.05, 3.63) is 59.8 Å². The SMILES string of the molecule is [2H]C1([2H])N(C)CC(c2ccccc2)N(c2ncccc2C#N)C1([2H])[2H]. The van der Waals surface area contributed by atoms with Gasteiger partial charge in [0.15, 0.2) is 0 Å². The maximum Gasteiger partial charge on any atom is 0.147 e. The smallest absolute Gasteiger partial charge is 0.147 e. The maximum atomic E-state index is 9.41. The molecule has 4 heteroatoms. The maximum absolute atomic E-state index is 9.41. The second-order valence-electron chi connectivity index (χ2n) is 4.89. The second kappa shape index (κ2) is 5.94. The molecule has 1 aromatic carbocycles. The van der Waals surface area contributed by atoms with Crippen LogP contribution in [0.15, 0.2) is 48.7 Å². The first-order valence-corrected chi connectivity index (χ1v) is 6.71. The van der Waals surface area contributed by atoms with Crippen LogP contribution in [0.1, 0.15) is 22.7 Å². The van der Waals surface area contributed by atoms with Crippen molar-refractivity contribution in [2.24, 2.45) is 0 Å². The highest BCUT2D eigenvalue weighted by molar-refractivity contribution is 5.55. The lowest BCUT2D eigenvalue weighted by molar-refractivity contribution is 0.268. The first-order valence-electron chi connectivity index (χ1n) is 8.71. The van der Waals surface area contributed by atoms with Crippen LogP contribution in [0.5, 0.6) is 0 Å². The number of rotatable bonds is 2. The van der Waals surface area contributed by atoms with Crippen LogP contribution in [0, 0.1) is 11.3 Å². The van der Waals surface area contributed by atoms with Crippen LogP contribution in [0.3, 0.4) is 0 Å². The number of hydrogen-bond acceptors (Lipinski definition) is 4. The summed E-state index contributed by atoms with van der Waals surface area (Å²) in [7, 11) is 1.56. The number of benzene rings is 1. The van der Waals surface area contributed by atoms with E-state index in [1.165, 1.54) is 16.0 Å². The summed E-state index contributed by atoms with van der Waals surface area (Å²) in [5, 5.41) is 9.41. The highest BCUT2D eigenvalue weighted by Crippen LogP contribution is 2.30. The third-order valence-corrected chi connectivity index (χ3v) is 3.44. The predicted molar refractivity (Wildman–Crippen MR) is 83.0 cm³/mol. The summed E-state index contributed by atoms with van der Waals surface area (Å²) in [5.41, 5.74) is 1.05.